The Kier molecular flexibility index (Phi) is 6.28. The molecule has 6 heteroatoms. The summed E-state index contributed by atoms with van der Waals surface area (Å²) in [6.07, 6.45) is 0. The Morgan fingerprint density at radius 1 is 1.50 bits per heavy atom. The van der Waals surface area contributed by atoms with Gasteiger partial charge in [0.1, 0.15) is 0 Å². The Labute approximate surface area is 108 Å². The van der Waals surface area contributed by atoms with Gasteiger partial charge in [0, 0.05) is 4.47 Å². The minimum atomic E-state index is -2.28. The average molecular weight is 278 g/mol. The molecule has 0 amide bonds. The molecule has 0 N–H and O–H groups in total. The van der Waals surface area contributed by atoms with Gasteiger partial charge in [-0.2, -0.15) is 0 Å². The van der Waals surface area contributed by atoms with Gasteiger partial charge in [0.15, 0.2) is 0 Å². The second kappa shape index (κ2) is 5.75. The van der Waals surface area contributed by atoms with Crippen LogP contribution in [0.25, 0.3) is 0 Å². The average Bonchev–Trinajstić information content (AvgIpc) is 1.85. The molecule has 1 aromatic rings. The first-order valence-corrected chi connectivity index (χ1v) is 4.91. The van der Waals surface area contributed by atoms with E-state index in [9.17, 15) is 8.76 Å². The predicted molar refractivity (Wildman–Crippen MR) is 46.3 cm³/mol. The molecule has 0 aliphatic rings. The molecule has 1 rings (SSSR count). The Bertz CT molecular complexity index is 287. The first-order chi connectivity index (χ1) is 5.13. The van der Waals surface area contributed by atoms with E-state index < -0.39 is 11.1 Å². The van der Waals surface area contributed by atoms with Gasteiger partial charge >= 0.3 is 29.6 Å². The maximum absolute atomic E-state index is 10.5. The van der Waals surface area contributed by atoms with Gasteiger partial charge in [-0.25, -0.2) is 0 Å². The van der Waals surface area contributed by atoms with E-state index in [0.29, 0.717) is 4.47 Å². The summed E-state index contributed by atoms with van der Waals surface area (Å²) in [5.41, 5.74) is 0. The summed E-state index contributed by atoms with van der Waals surface area (Å²) in [6.45, 7) is 0. The van der Waals surface area contributed by atoms with Crippen molar-refractivity contribution in [1.82, 2.24) is 0 Å². The SMILES string of the molecule is O=S([O-])c1c(Cl)cccc1Br.[Na+]. The molecule has 0 saturated heterocycles. The van der Waals surface area contributed by atoms with E-state index in [1.54, 1.807) is 12.1 Å². The van der Waals surface area contributed by atoms with Gasteiger partial charge in [-0.05, 0) is 39.1 Å². The van der Waals surface area contributed by atoms with Crippen LogP contribution in [0, 0.1) is 0 Å². The molecule has 1 aromatic carbocycles. The number of rotatable bonds is 1. The number of benzene rings is 1. The van der Waals surface area contributed by atoms with Crippen LogP contribution in [0.1, 0.15) is 0 Å². The first kappa shape index (κ1) is 13.1. The van der Waals surface area contributed by atoms with E-state index in [4.69, 9.17) is 11.6 Å². The topological polar surface area (TPSA) is 40.1 Å². The van der Waals surface area contributed by atoms with E-state index in [-0.39, 0.29) is 39.5 Å². The summed E-state index contributed by atoms with van der Waals surface area (Å²) >= 11 is 6.39. The van der Waals surface area contributed by atoms with Crippen molar-refractivity contribution in [1.29, 1.82) is 0 Å². The minimum absolute atomic E-state index is 0. The third-order valence-electron chi connectivity index (χ3n) is 1.09. The summed E-state index contributed by atoms with van der Waals surface area (Å²) in [7, 11) is 0. The van der Waals surface area contributed by atoms with Gasteiger partial charge in [0.05, 0.1) is 9.92 Å². The van der Waals surface area contributed by atoms with E-state index in [1.807, 2.05) is 0 Å². The molecule has 0 spiro atoms. The quantitative estimate of drug-likeness (QED) is 0.505. The molecule has 0 bridgehead atoms. The molecule has 0 aromatic heterocycles. The minimum Gasteiger partial charge on any atom is -0.768 e. The van der Waals surface area contributed by atoms with E-state index >= 15 is 0 Å². The molecule has 12 heavy (non-hydrogen) atoms. The number of hydrogen-bond donors (Lipinski definition) is 0. The molecule has 0 radical (unpaired) electrons. The smallest absolute Gasteiger partial charge is 0.768 e. The van der Waals surface area contributed by atoms with Crippen molar-refractivity contribution in [3.05, 3.63) is 27.7 Å². The first-order valence-electron chi connectivity index (χ1n) is 2.66. The second-order valence-electron chi connectivity index (χ2n) is 1.79. The van der Waals surface area contributed by atoms with Crippen molar-refractivity contribution in [2.45, 2.75) is 4.90 Å². The fourth-order valence-electron chi connectivity index (χ4n) is 0.642. The van der Waals surface area contributed by atoms with Gasteiger partial charge in [-0.1, -0.05) is 17.7 Å². The van der Waals surface area contributed by atoms with Crippen LogP contribution in [0.15, 0.2) is 27.6 Å². The fourth-order valence-corrected chi connectivity index (χ4v) is 2.34. The molecule has 0 heterocycles. The molecule has 1 unspecified atom stereocenters. The van der Waals surface area contributed by atoms with Crippen LogP contribution >= 0.6 is 27.5 Å². The monoisotopic (exact) mass is 276 g/mol. The van der Waals surface area contributed by atoms with Crippen LogP contribution in [0.2, 0.25) is 5.02 Å². The summed E-state index contributed by atoms with van der Waals surface area (Å²) in [5.74, 6) is 0. The Morgan fingerprint density at radius 2 is 2.08 bits per heavy atom. The van der Waals surface area contributed by atoms with Crippen molar-refractivity contribution < 1.29 is 38.3 Å². The summed E-state index contributed by atoms with van der Waals surface area (Å²) in [6, 6.07) is 4.82. The maximum Gasteiger partial charge on any atom is 1.00 e. The van der Waals surface area contributed by atoms with Crippen molar-refractivity contribution >= 4 is 38.6 Å². The normalized spacial score (nSPS) is 11.9. The van der Waals surface area contributed by atoms with Crippen LogP contribution in [-0.4, -0.2) is 8.76 Å². The molecule has 0 aliphatic carbocycles. The van der Waals surface area contributed by atoms with Crippen LogP contribution in [-0.2, 0) is 11.1 Å². The summed E-state index contributed by atoms with van der Waals surface area (Å²) < 4.78 is 21.5. The van der Waals surface area contributed by atoms with Crippen molar-refractivity contribution in [3.8, 4) is 0 Å². The van der Waals surface area contributed by atoms with Crippen LogP contribution in [0.5, 0.6) is 0 Å². The molecule has 0 aliphatic heterocycles. The third-order valence-corrected chi connectivity index (χ3v) is 3.21. The molecule has 0 saturated carbocycles. The molecule has 60 valence electrons. The number of halogens is 2. The van der Waals surface area contributed by atoms with E-state index in [2.05, 4.69) is 15.9 Å². The van der Waals surface area contributed by atoms with Gasteiger partial charge < -0.3 is 4.55 Å². The molecule has 2 nitrogen and oxygen atoms in total. The molecule has 0 fully saturated rings. The van der Waals surface area contributed by atoms with Gasteiger partial charge in [-0.15, -0.1) is 0 Å². The zero-order valence-electron chi connectivity index (χ0n) is 6.21. The zero-order valence-corrected chi connectivity index (χ0v) is 11.4. The Hall–Kier alpha value is 1.10. The second-order valence-corrected chi connectivity index (χ2v) is 3.92. The largest absolute Gasteiger partial charge is 1.00 e. The Balaban J connectivity index is 0.00000121. The summed E-state index contributed by atoms with van der Waals surface area (Å²) in [4.78, 5) is 0.106. The molecular formula is C6H3BrClNaO2S. The van der Waals surface area contributed by atoms with Gasteiger partial charge in [0.25, 0.3) is 0 Å². The Morgan fingerprint density at radius 3 is 2.42 bits per heavy atom. The van der Waals surface area contributed by atoms with E-state index in [0.717, 1.165) is 0 Å². The van der Waals surface area contributed by atoms with Crippen LogP contribution < -0.4 is 29.6 Å². The van der Waals surface area contributed by atoms with Crippen molar-refractivity contribution in [2.75, 3.05) is 0 Å². The molecule has 1 atom stereocenters. The predicted octanol–water partition coefficient (Wildman–Crippen LogP) is -0.655. The maximum atomic E-state index is 10.5. The van der Waals surface area contributed by atoms with E-state index in [1.165, 1.54) is 6.07 Å². The zero-order chi connectivity index (χ0) is 8.43. The standard InChI is InChI=1S/C6H4BrClO2S.Na/c7-4-2-1-3-5(8)6(4)11(9)10;/h1-3H,(H,9,10);/q;+1/p-1. The van der Waals surface area contributed by atoms with Crippen molar-refractivity contribution in [3.63, 3.8) is 0 Å². The summed E-state index contributed by atoms with van der Waals surface area (Å²) in [5, 5.41) is 0.229. The van der Waals surface area contributed by atoms with Crippen LogP contribution in [0.3, 0.4) is 0 Å². The third kappa shape index (κ3) is 3.10. The fraction of sp³-hybridized carbons (Fsp3) is 0. The van der Waals surface area contributed by atoms with Crippen LogP contribution in [0.4, 0.5) is 0 Å². The van der Waals surface area contributed by atoms with Gasteiger partial charge in [-0.3, -0.25) is 4.21 Å². The number of hydrogen-bond acceptors (Lipinski definition) is 2. The van der Waals surface area contributed by atoms with Gasteiger partial charge in [0.2, 0.25) is 0 Å². The van der Waals surface area contributed by atoms with Crippen molar-refractivity contribution in [2.24, 2.45) is 0 Å². The molecular weight excluding hydrogens is 274 g/mol.